The summed E-state index contributed by atoms with van der Waals surface area (Å²) in [5.74, 6) is -1.06. The van der Waals surface area contributed by atoms with E-state index in [1.165, 1.54) is 0 Å². The van der Waals surface area contributed by atoms with Gasteiger partial charge in [0.15, 0.2) is 0 Å². The number of aliphatic carboxylic acids is 1. The topological polar surface area (TPSA) is 127 Å². The third-order valence-corrected chi connectivity index (χ3v) is 6.01. The van der Waals surface area contributed by atoms with Crippen LogP contribution in [0.4, 0.5) is 5.69 Å². The second-order valence-electron chi connectivity index (χ2n) is 8.25. The van der Waals surface area contributed by atoms with Crippen molar-refractivity contribution in [3.05, 3.63) is 58.0 Å². The zero-order valence-corrected chi connectivity index (χ0v) is 18.2. The highest BCUT2D eigenvalue weighted by Gasteiger charge is 2.36. The fraction of sp³-hybridized carbons (Fsp3) is 0.391. The Balaban J connectivity index is 1.47. The van der Waals surface area contributed by atoms with E-state index >= 15 is 0 Å². The van der Waals surface area contributed by atoms with Crippen LogP contribution < -0.4 is 15.6 Å². The SMILES string of the molecule is COc1ccc(C(=O)Nc2ccc3n(c2=O)C[C@@H]2C[C@@H]3CN(C(=O)COCC(=O)O)C2)cc1. The maximum absolute atomic E-state index is 13.1. The lowest BCUT2D eigenvalue weighted by atomic mass is 9.83. The summed E-state index contributed by atoms with van der Waals surface area (Å²) >= 11 is 0. The number of aromatic nitrogens is 1. The number of hydrogen-bond donors (Lipinski definition) is 2. The van der Waals surface area contributed by atoms with Crippen molar-refractivity contribution in [2.24, 2.45) is 5.92 Å². The largest absolute Gasteiger partial charge is 0.497 e. The quantitative estimate of drug-likeness (QED) is 0.641. The molecular formula is C23H25N3O7. The number of hydrogen-bond acceptors (Lipinski definition) is 6. The van der Waals surface area contributed by atoms with Crippen LogP contribution in [0.5, 0.6) is 5.75 Å². The van der Waals surface area contributed by atoms with Crippen molar-refractivity contribution in [3.63, 3.8) is 0 Å². The van der Waals surface area contributed by atoms with E-state index in [-0.39, 0.29) is 41.5 Å². The summed E-state index contributed by atoms with van der Waals surface area (Å²) < 4.78 is 11.7. The maximum atomic E-state index is 13.1. The molecule has 1 fully saturated rings. The van der Waals surface area contributed by atoms with Crippen molar-refractivity contribution in [3.8, 4) is 5.75 Å². The molecule has 2 aliphatic rings. The number of carbonyl (C=O) groups is 3. The predicted octanol–water partition coefficient (Wildman–Crippen LogP) is 1.16. The highest BCUT2D eigenvalue weighted by molar-refractivity contribution is 6.04. The second kappa shape index (κ2) is 9.45. The number of ether oxygens (including phenoxy) is 2. The smallest absolute Gasteiger partial charge is 0.329 e. The van der Waals surface area contributed by atoms with Crippen LogP contribution >= 0.6 is 0 Å². The van der Waals surface area contributed by atoms with Gasteiger partial charge in [-0.05, 0) is 48.7 Å². The molecule has 2 aliphatic heterocycles. The molecule has 1 aromatic carbocycles. The van der Waals surface area contributed by atoms with E-state index in [1.54, 1.807) is 46.9 Å². The molecular weight excluding hydrogens is 430 g/mol. The van der Waals surface area contributed by atoms with Gasteiger partial charge in [-0.3, -0.25) is 14.4 Å². The molecule has 0 unspecified atom stereocenters. The van der Waals surface area contributed by atoms with Crippen LogP contribution in [0.25, 0.3) is 0 Å². The van der Waals surface area contributed by atoms with Crippen LogP contribution in [-0.4, -0.2) is 65.8 Å². The van der Waals surface area contributed by atoms with Crippen LogP contribution in [0.1, 0.15) is 28.4 Å². The average molecular weight is 455 g/mol. The first-order valence-corrected chi connectivity index (χ1v) is 10.6. The summed E-state index contributed by atoms with van der Waals surface area (Å²) in [6.45, 7) is 0.546. The molecule has 0 radical (unpaired) electrons. The number of carboxylic acids is 1. The first kappa shape index (κ1) is 22.5. The van der Waals surface area contributed by atoms with Crippen LogP contribution in [0.15, 0.2) is 41.2 Å². The number of carbonyl (C=O) groups excluding carboxylic acids is 2. The van der Waals surface area contributed by atoms with E-state index in [9.17, 15) is 19.2 Å². The summed E-state index contributed by atoms with van der Waals surface area (Å²) in [5, 5.41) is 11.3. The van der Waals surface area contributed by atoms with Crippen LogP contribution in [0.2, 0.25) is 0 Å². The van der Waals surface area contributed by atoms with Crippen LogP contribution in [-0.2, 0) is 20.9 Å². The number of amides is 2. The molecule has 4 rings (SSSR count). The zero-order chi connectivity index (χ0) is 23.5. The maximum Gasteiger partial charge on any atom is 0.329 e. The molecule has 174 valence electrons. The molecule has 2 aromatic rings. The van der Waals surface area contributed by atoms with Crippen LogP contribution in [0, 0.1) is 5.92 Å². The molecule has 0 saturated carbocycles. The molecule has 2 N–H and O–H groups in total. The van der Waals surface area contributed by atoms with Crippen molar-refractivity contribution in [2.75, 3.05) is 38.7 Å². The summed E-state index contributed by atoms with van der Waals surface area (Å²) in [7, 11) is 1.54. The van der Waals surface area contributed by atoms with Gasteiger partial charge in [-0.1, -0.05) is 0 Å². The van der Waals surface area contributed by atoms with Crippen molar-refractivity contribution >= 4 is 23.5 Å². The third kappa shape index (κ3) is 4.90. The second-order valence-corrected chi connectivity index (χ2v) is 8.25. The molecule has 2 amide bonds. The van der Waals surface area contributed by atoms with Gasteiger partial charge in [-0.25, -0.2) is 4.79 Å². The standard InChI is InChI=1S/C23H25N3O7/c1-32-17-4-2-15(3-5-17)22(30)24-18-6-7-19-16-8-14(10-26(19)23(18)31)9-25(11-16)20(27)12-33-13-21(28)29/h2-7,14,16H,8-13H2,1H3,(H,24,30)(H,28,29)/t14-,16-/m1/s1. The van der Waals surface area contributed by atoms with Crippen molar-refractivity contribution in [2.45, 2.75) is 18.9 Å². The van der Waals surface area contributed by atoms with Gasteiger partial charge in [0.05, 0.1) is 7.11 Å². The van der Waals surface area contributed by atoms with E-state index in [4.69, 9.17) is 14.6 Å². The molecule has 2 atom stereocenters. The number of fused-ring (bicyclic) bond motifs is 4. The summed E-state index contributed by atoms with van der Waals surface area (Å²) in [5.41, 5.74) is 1.17. The van der Waals surface area contributed by atoms with Crippen molar-refractivity contribution in [1.82, 2.24) is 9.47 Å². The van der Waals surface area contributed by atoms with Gasteiger partial charge in [0.2, 0.25) is 5.91 Å². The van der Waals surface area contributed by atoms with Gasteiger partial charge >= 0.3 is 5.97 Å². The molecule has 3 heterocycles. The van der Waals surface area contributed by atoms with E-state index in [2.05, 4.69) is 5.32 Å². The Kier molecular flexibility index (Phi) is 6.45. The Morgan fingerprint density at radius 1 is 1.06 bits per heavy atom. The molecule has 0 spiro atoms. The van der Waals surface area contributed by atoms with Crippen LogP contribution in [0.3, 0.4) is 0 Å². The number of likely N-dealkylation sites (tertiary alicyclic amines) is 1. The van der Waals surface area contributed by atoms with Crippen molar-refractivity contribution in [1.29, 1.82) is 0 Å². The summed E-state index contributed by atoms with van der Waals surface area (Å²) in [6, 6.07) is 10.0. The number of methoxy groups -OCH3 is 1. The minimum absolute atomic E-state index is 0.0139. The number of piperidine rings is 1. The summed E-state index contributed by atoms with van der Waals surface area (Å²) in [4.78, 5) is 50.4. The molecule has 10 heteroatoms. The van der Waals surface area contributed by atoms with Gasteiger partial charge in [0, 0.05) is 36.8 Å². The molecule has 1 aromatic heterocycles. The molecule has 1 saturated heterocycles. The lowest BCUT2D eigenvalue weighted by Gasteiger charge is -2.42. The van der Waals surface area contributed by atoms with E-state index < -0.39 is 12.6 Å². The monoisotopic (exact) mass is 455 g/mol. The third-order valence-electron chi connectivity index (χ3n) is 6.01. The van der Waals surface area contributed by atoms with Gasteiger partial charge in [0.1, 0.15) is 24.7 Å². The number of nitrogens with zero attached hydrogens (tertiary/aromatic N) is 2. The normalized spacial score (nSPS) is 18.9. The number of anilines is 1. The van der Waals surface area contributed by atoms with E-state index in [0.717, 1.165) is 12.1 Å². The molecule has 10 nitrogen and oxygen atoms in total. The minimum Gasteiger partial charge on any atom is -0.497 e. The Labute approximate surface area is 189 Å². The van der Waals surface area contributed by atoms with Gasteiger partial charge in [0.25, 0.3) is 11.5 Å². The fourth-order valence-corrected chi connectivity index (χ4v) is 4.50. The van der Waals surface area contributed by atoms with Gasteiger partial charge in [-0.2, -0.15) is 0 Å². The minimum atomic E-state index is -1.12. The number of nitrogens with one attached hydrogen (secondary N) is 1. The highest BCUT2D eigenvalue weighted by atomic mass is 16.5. The molecule has 0 aliphatic carbocycles. The number of pyridine rings is 1. The van der Waals surface area contributed by atoms with Crippen molar-refractivity contribution < 1.29 is 29.0 Å². The lowest BCUT2D eigenvalue weighted by molar-refractivity contribution is -0.146. The Bertz CT molecular complexity index is 1130. The number of carboxylic acid groups (broad SMARTS) is 1. The zero-order valence-electron chi connectivity index (χ0n) is 18.2. The predicted molar refractivity (Wildman–Crippen MR) is 118 cm³/mol. The number of rotatable bonds is 7. The first-order chi connectivity index (χ1) is 15.9. The molecule has 33 heavy (non-hydrogen) atoms. The lowest BCUT2D eigenvalue weighted by Crippen LogP contribution is -2.50. The van der Waals surface area contributed by atoms with E-state index in [1.807, 2.05) is 6.07 Å². The summed E-state index contributed by atoms with van der Waals surface area (Å²) in [6.07, 6.45) is 0.858. The Hall–Kier alpha value is -3.66. The Morgan fingerprint density at radius 2 is 1.82 bits per heavy atom. The fourth-order valence-electron chi connectivity index (χ4n) is 4.50. The molecule has 2 bridgehead atoms. The average Bonchev–Trinajstić information content (AvgIpc) is 2.80. The first-order valence-electron chi connectivity index (χ1n) is 10.6. The van der Waals surface area contributed by atoms with Gasteiger partial charge in [-0.15, -0.1) is 0 Å². The highest BCUT2D eigenvalue weighted by Crippen LogP contribution is 2.35. The van der Waals surface area contributed by atoms with E-state index in [0.29, 0.717) is 30.9 Å². The van der Waals surface area contributed by atoms with Gasteiger partial charge < -0.3 is 29.4 Å². The Morgan fingerprint density at radius 3 is 2.52 bits per heavy atom. The number of benzene rings is 1.